The van der Waals surface area contributed by atoms with Crippen molar-refractivity contribution in [1.82, 2.24) is 15.7 Å². The maximum Gasteiger partial charge on any atom is 0.249 e. The number of benzene rings is 1. The average molecular weight is 296 g/mol. The summed E-state index contributed by atoms with van der Waals surface area (Å²) in [6.45, 7) is 0.395. The Labute approximate surface area is 128 Å². The molecule has 2 aromatic rings. The molecule has 22 heavy (non-hydrogen) atoms. The van der Waals surface area contributed by atoms with Gasteiger partial charge in [0.2, 0.25) is 11.8 Å². The zero-order valence-corrected chi connectivity index (χ0v) is 11.9. The number of aromatic nitrogens is 1. The Bertz CT molecular complexity index is 642. The van der Waals surface area contributed by atoms with Crippen LogP contribution in [0.4, 0.5) is 0 Å². The lowest BCUT2D eigenvalue weighted by atomic mass is 10.2. The molecule has 6 heteroatoms. The molecule has 1 aromatic heterocycles. The van der Waals surface area contributed by atoms with Crippen molar-refractivity contribution in [2.75, 3.05) is 0 Å². The van der Waals surface area contributed by atoms with Crippen molar-refractivity contribution in [3.63, 3.8) is 0 Å². The van der Waals surface area contributed by atoms with Crippen LogP contribution in [0.5, 0.6) is 0 Å². The van der Waals surface area contributed by atoms with Gasteiger partial charge in [-0.1, -0.05) is 36.4 Å². The summed E-state index contributed by atoms with van der Waals surface area (Å²) in [7, 11) is 0. The second-order valence-electron chi connectivity index (χ2n) is 4.52. The van der Waals surface area contributed by atoms with Crippen LogP contribution in [0.1, 0.15) is 17.5 Å². The molecule has 2 amide bonds. The number of pyridine rings is 1. The zero-order chi connectivity index (χ0) is 15.6. The molecule has 1 heterocycles. The number of carbonyl (C=O) groups excluding carboxylic acids is 2. The molecule has 2 rings (SSSR count). The number of nitrogens with zero attached hydrogens (tertiary/aromatic N) is 2. The zero-order valence-electron chi connectivity index (χ0n) is 11.9. The van der Waals surface area contributed by atoms with E-state index < -0.39 is 5.91 Å². The van der Waals surface area contributed by atoms with Crippen LogP contribution in [-0.4, -0.2) is 23.0 Å². The van der Waals surface area contributed by atoms with Gasteiger partial charge in [0.05, 0.1) is 6.21 Å². The van der Waals surface area contributed by atoms with Crippen LogP contribution < -0.4 is 10.7 Å². The molecule has 0 saturated heterocycles. The van der Waals surface area contributed by atoms with Gasteiger partial charge in [-0.05, 0) is 11.6 Å². The maximum atomic E-state index is 11.6. The largest absolute Gasteiger partial charge is 0.352 e. The second kappa shape index (κ2) is 8.31. The molecule has 0 aliphatic heterocycles. The minimum absolute atomic E-state index is 0.267. The monoisotopic (exact) mass is 296 g/mol. The van der Waals surface area contributed by atoms with Gasteiger partial charge >= 0.3 is 0 Å². The molecule has 0 spiro atoms. The molecule has 0 saturated carbocycles. The van der Waals surface area contributed by atoms with E-state index in [9.17, 15) is 9.59 Å². The van der Waals surface area contributed by atoms with Crippen LogP contribution in [0.15, 0.2) is 60.0 Å². The first kappa shape index (κ1) is 15.4. The summed E-state index contributed by atoms with van der Waals surface area (Å²) < 4.78 is 0. The van der Waals surface area contributed by atoms with Crippen LogP contribution in [-0.2, 0) is 16.1 Å². The third-order valence-electron chi connectivity index (χ3n) is 2.74. The Balaban J connectivity index is 1.70. The third kappa shape index (κ3) is 5.54. The summed E-state index contributed by atoms with van der Waals surface area (Å²) in [4.78, 5) is 27.1. The van der Waals surface area contributed by atoms with Gasteiger partial charge in [0.25, 0.3) is 0 Å². The van der Waals surface area contributed by atoms with Crippen molar-refractivity contribution in [2.45, 2.75) is 13.0 Å². The highest BCUT2D eigenvalue weighted by atomic mass is 16.2. The standard InChI is InChI=1S/C16H16N4O2/c21-15(18-11-13-5-2-1-3-6-13)9-16(22)20-19-12-14-7-4-8-17-10-14/h1-8,10,12H,9,11H2,(H,18,21)(H,20,22)/b19-12+. The molecular weight excluding hydrogens is 280 g/mol. The summed E-state index contributed by atoms with van der Waals surface area (Å²) in [6.07, 6.45) is 4.46. The van der Waals surface area contributed by atoms with Gasteiger partial charge in [0, 0.05) is 24.5 Å². The molecule has 112 valence electrons. The van der Waals surface area contributed by atoms with E-state index in [2.05, 4.69) is 20.8 Å². The van der Waals surface area contributed by atoms with Crippen molar-refractivity contribution in [3.05, 3.63) is 66.0 Å². The van der Waals surface area contributed by atoms with E-state index in [4.69, 9.17) is 0 Å². The van der Waals surface area contributed by atoms with Gasteiger partial charge in [-0.3, -0.25) is 14.6 Å². The number of amides is 2. The van der Waals surface area contributed by atoms with Crippen LogP contribution >= 0.6 is 0 Å². The first-order valence-electron chi connectivity index (χ1n) is 6.76. The Morgan fingerprint density at radius 1 is 1.09 bits per heavy atom. The lowest BCUT2D eigenvalue weighted by Crippen LogP contribution is -2.29. The van der Waals surface area contributed by atoms with Crippen molar-refractivity contribution >= 4 is 18.0 Å². The third-order valence-corrected chi connectivity index (χ3v) is 2.74. The van der Waals surface area contributed by atoms with Gasteiger partial charge in [-0.25, -0.2) is 5.43 Å². The topological polar surface area (TPSA) is 83.5 Å². The highest BCUT2D eigenvalue weighted by Crippen LogP contribution is 1.97. The normalized spacial score (nSPS) is 10.4. The fraction of sp³-hybridized carbons (Fsp3) is 0.125. The van der Waals surface area contributed by atoms with Gasteiger partial charge in [-0.15, -0.1) is 0 Å². The Morgan fingerprint density at radius 3 is 2.64 bits per heavy atom. The van der Waals surface area contributed by atoms with Crippen LogP contribution in [0.2, 0.25) is 0 Å². The lowest BCUT2D eigenvalue weighted by Gasteiger charge is -2.04. The fourth-order valence-electron chi connectivity index (χ4n) is 1.68. The van der Waals surface area contributed by atoms with Gasteiger partial charge in [0.1, 0.15) is 6.42 Å². The van der Waals surface area contributed by atoms with E-state index in [0.29, 0.717) is 6.54 Å². The Morgan fingerprint density at radius 2 is 1.91 bits per heavy atom. The van der Waals surface area contributed by atoms with Crippen LogP contribution in [0.25, 0.3) is 0 Å². The minimum atomic E-state index is -0.467. The summed E-state index contributed by atoms with van der Waals surface area (Å²) in [5.74, 6) is -0.816. The first-order chi connectivity index (χ1) is 10.7. The van der Waals surface area contributed by atoms with E-state index in [1.54, 1.807) is 24.5 Å². The van der Waals surface area contributed by atoms with E-state index in [-0.39, 0.29) is 12.3 Å². The van der Waals surface area contributed by atoms with E-state index in [1.807, 2.05) is 30.3 Å². The quantitative estimate of drug-likeness (QED) is 0.478. The molecule has 6 nitrogen and oxygen atoms in total. The lowest BCUT2D eigenvalue weighted by molar-refractivity contribution is -0.129. The maximum absolute atomic E-state index is 11.6. The minimum Gasteiger partial charge on any atom is -0.352 e. The van der Waals surface area contributed by atoms with Gasteiger partial charge < -0.3 is 5.32 Å². The second-order valence-corrected chi connectivity index (χ2v) is 4.52. The number of hydrogen-bond donors (Lipinski definition) is 2. The Hall–Kier alpha value is -3.02. The van der Waals surface area contributed by atoms with Crippen LogP contribution in [0, 0.1) is 0 Å². The molecule has 2 N–H and O–H groups in total. The van der Waals surface area contributed by atoms with Crippen molar-refractivity contribution in [3.8, 4) is 0 Å². The molecule has 0 aliphatic carbocycles. The predicted molar refractivity (Wildman–Crippen MR) is 82.9 cm³/mol. The highest BCUT2D eigenvalue weighted by Gasteiger charge is 2.07. The molecular formula is C16H16N4O2. The van der Waals surface area contributed by atoms with E-state index >= 15 is 0 Å². The molecule has 0 unspecified atom stereocenters. The van der Waals surface area contributed by atoms with Crippen molar-refractivity contribution in [1.29, 1.82) is 0 Å². The van der Waals surface area contributed by atoms with Gasteiger partial charge in [0.15, 0.2) is 0 Å². The summed E-state index contributed by atoms with van der Waals surface area (Å²) >= 11 is 0. The number of hydrogen-bond acceptors (Lipinski definition) is 4. The molecule has 0 bridgehead atoms. The average Bonchev–Trinajstić information content (AvgIpc) is 2.55. The summed E-state index contributed by atoms with van der Waals surface area (Å²) in [5, 5.41) is 6.44. The number of rotatable bonds is 6. The van der Waals surface area contributed by atoms with E-state index in [1.165, 1.54) is 6.21 Å². The number of hydrazone groups is 1. The Kier molecular flexibility index (Phi) is 5.80. The molecule has 0 radical (unpaired) electrons. The summed E-state index contributed by atoms with van der Waals surface area (Å²) in [6, 6.07) is 13.0. The molecule has 0 aliphatic rings. The number of nitrogens with one attached hydrogen (secondary N) is 2. The predicted octanol–water partition coefficient (Wildman–Crippen LogP) is 1.24. The molecule has 0 fully saturated rings. The SMILES string of the molecule is O=C(CC(=O)N/N=C/c1cccnc1)NCc1ccccc1. The summed E-state index contributed by atoms with van der Waals surface area (Å²) in [5.41, 5.74) is 4.04. The smallest absolute Gasteiger partial charge is 0.249 e. The van der Waals surface area contributed by atoms with E-state index in [0.717, 1.165) is 11.1 Å². The first-order valence-corrected chi connectivity index (χ1v) is 6.76. The fourth-order valence-corrected chi connectivity index (χ4v) is 1.68. The highest BCUT2D eigenvalue weighted by molar-refractivity contribution is 5.97. The van der Waals surface area contributed by atoms with Crippen LogP contribution in [0.3, 0.4) is 0 Å². The van der Waals surface area contributed by atoms with Crippen molar-refractivity contribution in [2.24, 2.45) is 5.10 Å². The van der Waals surface area contributed by atoms with Gasteiger partial charge in [-0.2, -0.15) is 5.10 Å². The molecule has 0 atom stereocenters. The molecule has 1 aromatic carbocycles. The van der Waals surface area contributed by atoms with Crippen molar-refractivity contribution < 1.29 is 9.59 Å². The number of carbonyl (C=O) groups is 2.